The Morgan fingerprint density at radius 3 is 2.31 bits per heavy atom. The second kappa shape index (κ2) is 8.30. The summed E-state index contributed by atoms with van der Waals surface area (Å²) in [5.41, 5.74) is 4.82. The Balaban J connectivity index is 1.90. The molecule has 0 aliphatic carbocycles. The molecule has 1 aliphatic heterocycles. The van der Waals surface area contributed by atoms with Crippen molar-refractivity contribution in [2.45, 2.75) is 19.9 Å². The van der Waals surface area contributed by atoms with Crippen LogP contribution in [0.2, 0.25) is 0 Å². The maximum absolute atomic E-state index is 13.2. The third-order valence-electron chi connectivity index (χ3n) is 5.87. The first-order valence-corrected chi connectivity index (χ1v) is 10.4. The summed E-state index contributed by atoms with van der Waals surface area (Å²) in [4.78, 5) is 33.9. The molecule has 6 heteroatoms. The molecule has 6 nitrogen and oxygen atoms in total. The molecule has 0 spiro atoms. The quantitative estimate of drug-likeness (QED) is 0.380. The van der Waals surface area contributed by atoms with E-state index in [0.29, 0.717) is 16.8 Å². The minimum absolute atomic E-state index is 0.0583. The van der Waals surface area contributed by atoms with Crippen LogP contribution < -0.4 is 9.80 Å². The number of anilines is 2. The van der Waals surface area contributed by atoms with E-state index in [1.165, 1.54) is 4.90 Å². The number of carbonyl (C=O) groups excluding carboxylic acids is 2. The SMILES string of the molecule is Cc1ccc(/C(O)=C2/C(=O)C(=O)N(c3ccc(N(C)C)cc3)C2c2cccnc2)cc1C. The van der Waals surface area contributed by atoms with Gasteiger partial charge in [-0.15, -0.1) is 0 Å². The van der Waals surface area contributed by atoms with Crippen LogP contribution in [0, 0.1) is 13.8 Å². The van der Waals surface area contributed by atoms with Crippen LogP contribution in [-0.4, -0.2) is 35.9 Å². The molecule has 162 valence electrons. The van der Waals surface area contributed by atoms with Gasteiger partial charge >= 0.3 is 0 Å². The second-order valence-electron chi connectivity index (χ2n) is 8.17. The molecular weight excluding hydrogens is 402 g/mol. The average molecular weight is 428 g/mol. The fraction of sp³-hybridized carbons (Fsp3) is 0.192. The third kappa shape index (κ3) is 3.64. The first kappa shape index (κ1) is 21.3. The molecule has 1 saturated heterocycles. The zero-order chi connectivity index (χ0) is 23.0. The molecule has 1 unspecified atom stereocenters. The lowest BCUT2D eigenvalue weighted by Gasteiger charge is -2.25. The highest BCUT2D eigenvalue weighted by molar-refractivity contribution is 6.51. The number of rotatable bonds is 4. The maximum Gasteiger partial charge on any atom is 0.300 e. The van der Waals surface area contributed by atoms with Crippen LogP contribution in [0.5, 0.6) is 0 Å². The summed E-state index contributed by atoms with van der Waals surface area (Å²) in [5.74, 6) is -1.58. The molecule has 32 heavy (non-hydrogen) atoms. The van der Waals surface area contributed by atoms with Crippen molar-refractivity contribution in [3.05, 3.63) is 94.8 Å². The number of aliphatic hydroxyl groups is 1. The van der Waals surface area contributed by atoms with Crippen LogP contribution in [0.15, 0.2) is 72.6 Å². The third-order valence-corrected chi connectivity index (χ3v) is 5.87. The van der Waals surface area contributed by atoms with Gasteiger partial charge in [0.25, 0.3) is 11.7 Å². The highest BCUT2D eigenvalue weighted by Gasteiger charge is 2.47. The van der Waals surface area contributed by atoms with Gasteiger partial charge in [-0.2, -0.15) is 0 Å². The molecule has 1 aliphatic rings. The fourth-order valence-corrected chi connectivity index (χ4v) is 3.91. The summed E-state index contributed by atoms with van der Waals surface area (Å²) >= 11 is 0. The van der Waals surface area contributed by atoms with E-state index < -0.39 is 17.7 Å². The predicted octanol–water partition coefficient (Wildman–Crippen LogP) is 4.39. The first-order chi connectivity index (χ1) is 15.3. The summed E-state index contributed by atoms with van der Waals surface area (Å²) in [6.45, 7) is 3.92. The Kier molecular flexibility index (Phi) is 5.53. The van der Waals surface area contributed by atoms with Crippen molar-refractivity contribution in [1.82, 2.24) is 4.98 Å². The van der Waals surface area contributed by atoms with Crippen molar-refractivity contribution in [3.63, 3.8) is 0 Å². The lowest BCUT2D eigenvalue weighted by atomic mass is 9.95. The molecule has 0 radical (unpaired) electrons. The van der Waals surface area contributed by atoms with Crippen molar-refractivity contribution in [2.24, 2.45) is 0 Å². The van der Waals surface area contributed by atoms with Crippen LogP contribution >= 0.6 is 0 Å². The van der Waals surface area contributed by atoms with Gasteiger partial charge in [0.05, 0.1) is 11.6 Å². The number of hydrogen-bond donors (Lipinski definition) is 1. The summed E-state index contributed by atoms with van der Waals surface area (Å²) in [6.07, 6.45) is 3.25. The average Bonchev–Trinajstić information content (AvgIpc) is 3.06. The molecule has 1 fully saturated rings. The van der Waals surface area contributed by atoms with E-state index >= 15 is 0 Å². The number of benzene rings is 2. The van der Waals surface area contributed by atoms with Crippen LogP contribution in [0.3, 0.4) is 0 Å². The van der Waals surface area contributed by atoms with E-state index in [0.717, 1.165) is 16.8 Å². The Labute approximate surface area is 187 Å². The lowest BCUT2D eigenvalue weighted by molar-refractivity contribution is -0.132. The number of Topliss-reactive ketones (excluding diaryl/α,β-unsaturated/α-hetero) is 1. The molecule has 3 aromatic rings. The number of aliphatic hydroxyl groups excluding tert-OH is 1. The normalized spacial score (nSPS) is 17.6. The number of pyridine rings is 1. The number of aryl methyl sites for hydroxylation is 2. The summed E-state index contributed by atoms with van der Waals surface area (Å²) < 4.78 is 0. The molecule has 4 rings (SSSR count). The topological polar surface area (TPSA) is 73.7 Å². The molecule has 0 saturated carbocycles. The van der Waals surface area contributed by atoms with Crippen molar-refractivity contribution >= 4 is 28.8 Å². The van der Waals surface area contributed by atoms with Gasteiger partial charge in [-0.3, -0.25) is 19.5 Å². The number of nitrogens with zero attached hydrogens (tertiary/aromatic N) is 3. The molecule has 2 heterocycles. The van der Waals surface area contributed by atoms with E-state index in [1.54, 1.807) is 42.7 Å². The smallest absolute Gasteiger partial charge is 0.300 e. The van der Waals surface area contributed by atoms with Crippen molar-refractivity contribution in [2.75, 3.05) is 23.9 Å². The number of hydrogen-bond acceptors (Lipinski definition) is 5. The highest BCUT2D eigenvalue weighted by Crippen LogP contribution is 2.42. The van der Waals surface area contributed by atoms with Crippen LogP contribution in [0.25, 0.3) is 5.76 Å². The summed E-state index contributed by atoms with van der Waals surface area (Å²) in [5, 5.41) is 11.2. The Morgan fingerprint density at radius 1 is 1.00 bits per heavy atom. The van der Waals surface area contributed by atoms with Gasteiger partial charge in [0.1, 0.15) is 5.76 Å². The Hall–Kier alpha value is -3.93. The molecule has 2 aromatic carbocycles. The monoisotopic (exact) mass is 427 g/mol. The number of carbonyl (C=O) groups is 2. The van der Waals surface area contributed by atoms with Gasteiger partial charge in [-0.1, -0.05) is 18.2 Å². The molecule has 1 amide bonds. The lowest BCUT2D eigenvalue weighted by Crippen LogP contribution is -2.29. The zero-order valence-corrected chi connectivity index (χ0v) is 18.5. The summed E-state index contributed by atoms with van der Waals surface area (Å²) in [6, 6.07) is 15.6. The van der Waals surface area contributed by atoms with Crippen molar-refractivity contribution < 1.29 is 14.7 Å². The highest BCUT2D eigenvalue weighted by atomic mass is 16.3. The molecule has 1 N–H and O–H groups in total. The van der Waals surface area contributed by atoms with E-state index in [-0.39, 0.29) is 11.3 Å². The molecular formula is C26H25N3O3. The van der Waals surface area contributed by atoms with E-state index in [2.05, 4.69) is 4.98 Å². The molecule has 0 bridgehead atoms. The van der Waals surface area contributed by atoms with Gasteiger partial charge in [-0.25, -0.2) is 0 Å². The number of aromatic nitrogens is 1. The van der Waals surface area contributed by atoms with Gasteiger partial charge in [-0.05, 0) is 66.9 Å². The first-order valence-electron chi connectivity index (χ1n) is 10.4. The van der Waals surface area contributed by atoms with Gasteiger partial charge in [0, 0.05) is 43.4 Å². The molecule has 1 atom stereocenters. The van der Waals surface area contributed by atoms with Crippen molar-refractivity contribution in [3.8, 4) is 0 Å². The minimum atomic E-state index is -0.782. The maximum atomic E-state index is 13.2. The molecule has 1 aromatic heterocycles. The van der Waals surface area contributed by atoms with Gasteiger partial charge in [0.15, 0.2) is 0 Å². The van der Waals surface area contributed by atoms with Crippen LogP contribution in [0.4, 0.5) is 11.4 Å². The minimum Gasteiger partial charge on any atom is -0.507 e. The van der Waals surface area contributed by atoms with Crippen LogP contribution in [0.1, 0.15) is 28.3 Å². The Morgan fingerprint density at radius 2 is 1.72 bits per heavy atom. The van der Waals surface area contributed by atoms with E-state index in [1.807, 2.05) is 57.1 Å². The number of amides is 1. The van der Waals surface area contributed by atoms with Gasteiger partial charge in [0.2, 0.25) is 0 Å². The van der Waals surface area contributed by atoms with Gasteiger partial charge < -0.3 is 10.0 Å². The Bertz CT molecular complexity index is 1210. The fourth-order valence-electron chi connectivity index (χ4n) is 3.91. The van der Waals surface area contributed by atoms with E-state index in [4.69, 9.17) is 0 Å². The van der Waals surface area contributed by atoms with Crippen LogP contribution in [-0.2, 0) is 9.59 Å². The summed E-state index contributed by atoms with van der Waals surface area (Å²) in [7, 11) is 3.86. The predicted molar refractivity (Wildman–Crippen MR) is 126 cm³/mol. The van der Waals surface area contributed by atoms with E-state index in [9.17, 15) is 14.7 Å². The largest absolute Gasteiger partial charge is 0.507 e. The standard InChI is InChI=1S/C26H25N3O3/c1-16-7-8-18(14-17(16)2)24(30)22-23(19-6-5-13-27-15-19)29(26(32)25(22)31)21-11-9-20(10-12-21)28(3)4/h5-15,23,30H,1-4H3/b24-22-. The van der Waals surface area contributed by atoms with Crippen molar-refractivity contribution in [1.29, 1.82) is 0 Å². The number of ketones is 1. The zero-order valence-electron chi connectivity index (χ0n) is 18.5. The second-order valence-corrected chi connectivity index (χ2v) is 8.17.